The molecular formula is C19H10ClF6NO2. The number of rotatable bonds is 4. The molecule has 3 rings (SSSR count). The molecule has 0 N–H and O–H groups in total. The summed E-state index contributed by atoms with van der Waals surface area (Å²) >= 11 is 5.94. The lowest BCUT2D eigenvalue weighted by molar-refractivity contribution is -0.275. The van der Waals surface area contributed by atoms with Crippen molar-refractivity contribution in [2.24, 2.45) is 0 Å². The number of halogens is 7. The van der Waals surface area contributed by atoms with Crippen LogP contribution in [-0.2, 0) is 0 Å². The Kier molecular flexibility index (Phi) is 5.61. The zero-order chi connectivity index (χ0) is 21.2. The average molecular weight is 434 g/mol. The molecule has 0 saturated carbocycles. The predicted octanol–water partition coefficient (Wildman–Crippen LogP) is 6.87. The van der Waals surface area contributed by atoms with Gasteiger partial charge in [-0.25, -0.2) is 4.98 Å². The minimum absolute atomic E-state index is 0.136. The molecule has 152 valence electrons. The van der Waals surface area contributed by atoms with Crippen molar-refractivity contribution < 1.29 is 35.8 Å². The number of benzene rings is 2. The Bertz CT molecular complexity index is 986. The van der Waals surface area contributed by atoms with Crippen molar-refractivity contribution in [2.45, 2.75) is 12.7 Å². The maximum Gasteiger partial charge on any atom is 0.573 e. The molecule has 2 aromatic carbocycles. The van der Waals surface area contributed by atoms with E-state index in [-0.39, 0.29) is 5.15 Å². The Labute approximate surface area is 165 Å². The van der Waals surface area contributed by atoms with Crippen LogP contribution < -0.4 is 9.47 Å². The van der Waals surface area contributed by atoms with Crippen LogP contribution in [-0.4, -0.2) is 17.7 Å². The summed E-state index contributed by atoms with van der Waals surface area (Å²) in [6.07, 6.45) is -9.63. The Morgan fingerprint density at radius 3 is 1.52 bits per heavy atom. The van der Waals surface area contributed by atoms with Crippen molar-refractivity contribution in [2.75, 3.05) is 0 Å². The highest BCUT2D eigenvalue weighted by Gasteiger charge is 2.31. The zero-order valence-electron chi connectivity index (χ0n) is 14.2. The second-order valence-corrected chi connectivity index (χ2v) is 6.06. The molecule has 0 fully saturated rings. The van der Waals surface area contributed by atoms with Gasteiger partial charge in [-0.2, -0.15) is 0 Å². The molecular weight excluding hydrogens is 424 g/mol. The third-order valence-corrected chi connectivity index (χ3v) is 3.83. The number of hydrogen-bond acceptors (Lipinski definition) is 3. The van der Waals surface area contributed by atoms with Gasteiger partial charge in [0.25, 0.3) is 0 Å². The van der Waals surface area contributed by atoms with Crippen molar-refractivity contribution in [3.05, 3.63) is 65.8 Å². The Morgan fingerprint density at radius 1 is 0.621 bits per heavy atom. The van der Waals surface area contributed by atoms with Crippen molar-refractivity contribution in [3.63, 3.8) is 0 Å². The van der Waals surface area contributed by atoms with Gasteiger partial charge in [-0.15, -0.1) is 26.3 Å². The van der Waals surface area contributed by atoms with E-state index < -0.39 is 24.2 Å². The lowest BCUT2D eigenvalue weighted by Crippen LogP contribution is -2.17. The second-order valence-electron chi connectivity index (χ2n) is 5.67. The van der Waals surface area contributed by atoms with Crippen LogP contribution in [0, 0.1) is 0 Å². The van der Waals surface area contributed by atoms with Crippen LogP contribution in [0.25, 0.3) is 22.4 Å². The van der Waals surface area contributed by atoms with Crippen LogP contribution in [0.4, 0.5) is 26.3 Å². The minimum atomic E-state index is -4.82. The quantitative estimate of drug-likeness (QED) is 0.332. The molecule has 10 heteroatoms. The predicted molar refractivity (Wildman–Crippen MR) is 93.5 cm³/mol. The first-order chi connectivity index (χ1) is 13.5. The van der Waals surface area contributed by atoms with Gasteiger partial charge in [0.05, 0.1) is 5.69 Å². The molecule has 0 aliphatic carbocycles. The van der Waals surface area contributed by atoms with E-state index in [0.29, 0.717) is 22.4 Å². The highest BCUT2D eigenvalue weighted by molar-refractivity contribution is 6.29. The van der Waals surface area contributed by atoms with Gasteiger partial charge in [0.15, 0.2) is 0 Å². The normalized spacial score (nSPS) is 12.0. The number of hydrogen-bond donors (Lipinski definition) is 0. The van der Waals surface area contributed by atoms with Crippen LogP contribution >= 0.6 is 11.6 Å². The molecule has 0 radical (unpaired) electrons. The highest BCUT2D eigenvalue weighted by Crippen LogP contribution is 2.34. The number of alkyl halides is 6. The molecule has 0 aliphatic heterocycles. The van der Waals surface area contributed by atoms with Gasteiger partial charge in [-0.1, -0.05) is 23.7 Å². The Balaban J connectivity index is 1.94. The first-order valence-electron chi connectivity index (χ1n) is 7.89. The summed E-state index contributed by atoms with van der Waals surface area (Å²) in [6.45, 7) is 0. The summed E-state index contributed by atoms with van der Waals surface area (Å²) in [7, 11) is 0. The van der Waals surface area contributed by atoms with E-state index in [4.69, 9.17) is 11.6 Å². The standard InChI is InChI=1S/C19H10ClF6NO2/c20-16-10-9-15(11-1-5-13(6-2-11)28-18(21,22)23)17(27-16)12-3-7-14(8-4-12)29-19(24,25)26/h1-10H. The number of nitrogens with zero attached hydrogens (tertiary/aromatic N) is 1. The summed E-state index contributed by atoms with van der Waals surface area (Å²) in [5.74, 6) is -0.795. The molecule has 3 aromatic rings. The smallest absolute Gasteiger partial charge is 0.406 e. The van der Waals surface area contributed by atoms with Gasteiger partial charge in [0, 0.05) is 11.1 Å². The van der Waals surface area contributed by atoms with E-state index in [1.807, 2.05) is 0 Å². The Morgan fingerprint density at radius 2 is 1.07 bits per heavy atom. The molecule has 0 saturated heterocycles. The maximum absolute atomic E-state index is 12.3. The Hall–Kier alpha value is -2.94. The summed E-state index contributed by atoms with van der Waals surface area (Å²) in [5.41, 5.74) is 1.79. The molecule has 29 heavy (non-hydrogen) atoms. The fourth-order valence-corrected chi connectivity index (χ4v) is 2.69. The number of pyridine rings is 1. The molecule has 1 aromatic heterocycles. The first-order valence-corrected chi connectivity index (χ1v) is 8.27. The maximum atomic E-state index is 12.3. The third kappa shape index (κ3) is 5.77. The van der Waals surface area contributed by atoms with Crippen LogP contribution in [0.3, 0.4) is 0 Å². The molecule has 1 heterocycles. The van der Waals surface area contributed by atoms with Crippen LogP contribution in [0.5, 0.6) is 11.5 Å². The third-order valence-electron chi connectivity index (χ3n) is 3.62. The van der Waals surface area contributed by atoms with Crippen molar-refractivity contribution in [1.29, 1.82) is 0 Å². The van der Waals surface area contributed by atoms with Gasteiger partial charge < -0.3 is 9.47 Å². The van der Waals surface area contributed by atoms with Crippen molar-refractivity contribution in [1.82, 2.24) is 4.98 Å². The van der Waals surface area contributed by atoms with E-state index in [2.05, 4.69) is 14.5 Å². The number of aromatic nitrogens is 1. The molecule has 0 spiro atoms. The summed E-state index contributed by atoms with van der Waals surface area (Å²) in [4.78, 5) is 4.20. The summed E-state index contributed by atoms with van der Waals surface area (Å²) < 4.78 is 81.5. The lowest BCUT2D eigenvalue weighted by Gasteiger charge is -2.13. The largest absolute Gasteiger partial charge is 0.573 e. The van der Waals surface area contributed by atoms with Crippen LogP contribution in [0.15, 0.2) is 60.7 Å². The van der Waals surface area contributed by atoms with Gasteiger partial charge in [-0.3, -0.25) is 0 Å². The first kappa shape index (κ1) is 20.8. The molecule has 3 nitrogen and oxygen atoms in total. The lowest BCUT2D eigenvalue weighted by atomic mass is 9.99. The van der Waals surface area contributed by atoms with Gasteiger partial charge in [0.2, 0.25) is 0 Å². The van der Waals surface area contributed by atoms with Crippen molar-refractivity contribution in [3.8, 4) is 33.9 Å². The van der Waals surface area contributed by atoms with Crippen LogP contribution in [0.1, 0.15) is 0 Å². The summed E-state index contributed by atoms with van der Waals surface area (Å²) in [5, 5.41) is 0.136. The van der Waals surface area contributed by atoms with E-state index >= 15 is 0 Å². The molecule has 0 unspecified atom stereocenters. The van der Waals surface area contributed by atoms with Crippen LogP contribution in [0.2, 0.25) is 5.15 Å². The SMILES string of the molecule is FC(F)(F)Oc1ccc(-c2ccc(Cl)nc2-c2ccc(OC(F)(F)F)cc2)cc1. The molecule has 0 amide bonds. The molecule has 0 aliphatic rings. The summed E-state index contributed by atoms with van der Waals surface area (Å²) in [6, 6.07) is 13.1. The van der Waals surface area contributed by atoms with E-state index in [1.165, 1.54) is 30.3 Å². The topological polar surface area (TPSA) is 31.4 Å². The molecule has 0 atom stereocenters. The molecule has 0 bridgehead atoms. The fraction of sp³-hybridized carbons (Fsp3) is 0.105. The highest BCUT2D eigenvalue weighted by atomic mass is 35.5. The average Bonchev–Trinajstić information content (AvgIpc) is 2.60. The van der Waals surface area contributed by atoms with Gasteiger partial charge in [0.1, 0.15) is 16.7 Å². The van der Waals surface area contributed by atoms with E-state index in [9.17, 15) is 26.3 Å². The number of ether oxygens (including phenoxy) is 2. The van der Waals surface area contributed by atoms with Gasteiger partial charge in [-0.05, 0) is 54.1 Å². The second kappa shape index (κ2) is 7.82. The zero-order valence-corrected chi connectivity index (χ0v) is 14.9. The monoisotopic (exact) mass is 433 g/mol. The minimum Gasteiger partial charge on any atom is -0.406 e. The van der Waals surface area contributed by atoms with Crippen molar-refractivity contribution >= 4 is 11.6 Å². The van der Waals surface area contributed by atoms with Gasteiger partial charge >= 0.3 is 12.7 Å². The van der Waals surface area contributed by atoms with E-state index in [1.54, 1.807) is 6.07 Å². The van der Waals surface area contributed by atoms with E-state index in [0.717, 1.165) is 24.3 Å². The fourth-order valence-electron chi connectivity index (χ4n) is 2.54.